The Morgan fingerprint density at radius 1 is 1.25 bits per heavy atom. The lowest BCUT2D eigenvalue weighted by atomic mass is 10.0. The number of carbonyl (C=O) groups is 2. The molecule has 20 heavy (non-hydrogen) atoms. The Kier molecular flexibility index (Phi) is 5.59. The maximum atomic E-state index is 12.5. The number of fused-ring (bicyclic) bond motifs is 1. The zero-order valence-electron chi connectivity index (χ0n) is 12.1. The smallest absolute Gasteiger partial charge is 0.245 e. The van der Waals surface area contributed by atoms with Crippen molar-refractivity contribution in [2.45, 2.75) is 38.1 Å². The third-order valence-corrected chi connectivity index (χ3v) is 3.99. The molecule has 0 radical (unpaired) electrons. The van der Waals surface area contributed by atoms with Gasteiger partial charge in [0.2, 0.25) is 11.8 Å². The molecule has 2 amide bonds. The van der Waals surface area contributed by atoms with Gasteiger partial charge in [-0.25, -0.2) is 0 Å². The first kappa shape index (κ1) is 15.0. The van der Waals surface area contributed by atoms with Crippen LogP contribution in [-0.2, 0) is 14.3 Å². The van der Waals surface area contributed by atoms with E-state index >= 15 is 0 Å². The highest BCUT2D eigenvalue weighted by molar-refractivity contribution is 5.90. The van der Waals surface area contributed by atoms with E-state index in [-0.39, 0.29) is 17.9 Å². The van der Waals surface area contributed by atoms with Gasteiger partial charge >= 0.3 is 0 Å². The van der Waals surface area contributed by atoms with E-state index < -0.39 is 0 Å². The number of amides is 2. The van der Waals surface area contributed by atoms with Crippen LogP contribution in [-0.4, -0.2) is 60.5 Å². The summed E-state index contributed by atoms with van der Waals surface area (Å²) >= 11 is 0. The molecule has 5 nitrogen and oxygen atoms in total. The molecular weight excluding hydrogens is 256 g/mol. The summed E-state index contributed by atoms with van der Waals surface area (Å²) in [6.07, 6.45) is 5.93. The monoisotopic (exact) mass is 280 g/mol. The fourth-order valence-electron chi connectivity index (χ4n) is 2.85. The number of rotatable bonds is 6. The average Bonchev–Trinajstić information content (AvgIpc) is 2.59. The van der Waals surface area contributed by atoms with Crippen LogP contribution in [0.4, 0.5) is 0 Å². The van der Waals surface area contributed by atoms with E-state index in [9.17, 15) is 9.59 Å². The van der Waals surface area contributed by atoms with Crippen LogP contribution in [0.1, 0.15) is 32.1 Å². The van der Waals surface area contributed by atoms with Gasteiger partial charge in [-0.2, -0.15) is 0 Å². The first-order chi connectivity index (χ1) is 9.74. The number of nitrogens with zero attached hydrogens (tertiary/aromatic N) is 2. The summed E-state index contributed by atoms with van der Waals surface area (Å²) in [5.74, 6) is 0.223. The second-order valence-electron chi connectivity index (χ2n) is 5.36. The molecule has 0 aliphatic carbocycles. The number of ether oxygens (including phenoxy) is 1. The molecular formula is C15H24N2O3. The van der Waals surface area contributed by atoms with Gasteiger partial charge in [0.25, 0.3) is 0 Å². The minimum Gasteiger partial charge on any atom is -0.379 e. The molecule has 0 aromatic carbocycles. The van der Waals surface area contributed by atoms with Crippen LogP contribution >= 0.6 is 0 Å². The highest BCUT2D eigenvalue weighted by Crippen LogP contribution is 2.22. The zero-order valence-corrected chi connectivity index (χ0v) is 12.1. The maximum Gasteiger partial charge on any atom is 0.245 e. The van der Waals surface area contributed by atoms with Crippen LogP contribution in [0.25, 0.3) is 0 Å². The van der Waals surface area contributed by atoms with Crippen molar-refractivity contribution in [2.24, 2.45) is 0 Å². The standard InChI is InChI=1S/C15H24N2O3/c1-2-3-11-20-12-10-16-9-7-14(18)17-8-5-4-6-13(17)15(16)19/h2,13H,1,3-12H2. The molecule has 1 atom stereocenters. The van der Waals surface area contributed by atoms with Gasteiger partial charge in [0.05, 0.1) is 13.2 Å². The molecule has 2 aliphatic heterocycles. The van der Waals surface area contributed by atoms with Gasteiger partial charge in [-0.1, -0.05) is 6.08 Å². The summed E-state index contributed by atoms with van der Waals surface area (Å²) in [6.45, 7) is 6.64. The van der Waals surface area contributed by atoms with Crippen molar-refractivity contribution in [1.82, 2.24) is 9.80 Å². The highest BCUT2D eigenvalue weighted by atomic mass is 16.5. The molecule has 5 heteroatoms. The normalized spacial score (nSPS) is 23.5. The van der Waals surface area contributed by atoms with Gasteiger partial charge in [0.1, 0.15) is 6.04 Å². The zero-order chi connectivity index (χ0) is 14.4. The van der Waals surface area contributed by atoms with E-state index in [4.69, 9.17) is 4.74 Å². The second kappa shape index (κ2) is 7.43. The van der Waals surface area contributed by atoms with Crippen molar-refractivity contribution in [2.75, 3.05) is 32.8 Å². The fraction of sp³-hybridized carbons (Fsp3) is 0.733. The summed E-state index contributed by atoms with van der Waals surface area (Å²) < 4.78 is 5.47. The molecule has 0 aromatic heterocycles. The molecule has 2 rings (SSSR count). The maximum absolute atomic E-state index is 12.5. The Morgan fingerprint density at radius 2 is 2.10 bits per heavy atom. The van der Waals surface area contributed by atoms with E-state index in [1.54, 1.807) is 9.80 Å². The molecule has 2 fully saturated rings. The number of hydrogen-bond acceptors (Lipinski definition) is 3. The van der Waals surface area contributed by atoms with E-state index in [1.165, 1.54) is 0 Å². The molecule has 0 N–H and O–H groups in total. The first-order valence-corrected chi connectivity index (χ1v) is 7.51. The van der Waals surface area contributed by atoms with E-state index in [2.05, 4.69) is 6.58 Å². The van der Waals surface area contributed by atoms with Gasteiger partial charge in [-0.05, 0) is 25.7 Å². The molecule has 0 spiro atoms. The number of carbonyl (C=O) groups excluding carboxylic acids is 2. The van der Waals surface area contributed by atoms with Crippen LogP contribution in [0.3, 0.4) is 0 Å². The molecule has 2 heterocycles. The summed E-state index contributed by atoms with van der Waals surface area (Å²) in [5.41, 5.74) is 0. The summed E-state index contributed by atoms with van der Waals surface area (Å²) in [5, 5.41) is 0. The lowest BCUT2D eigenvalue weighted by molar-refractivity contribution is -0.143. The Bertz CT molecular complexity index is 370. The largest absolute Gasteiger partial charge is 0.379 e. The van der Waals surface area contributed by atoms with E-state index in [0.717, 1.165) is 32.2 Å². The molecule has 112 valence electrons. The van der Waals surface area contributed by atoms with Crippen molar-refractivity contribution < 1.29 is 14.3 Å². The van der Waals surface area contributed by atoms with Gasteiger partial charge in [-0.15, -0.1) is 6.58 Å². The summed E-state index contributed by atoms with van der Waals surface area (Å²) in [6, 6.07) is -0.230. The number of hydrogen-bond donors (Lipinski definition) is 0. The molecule has 0 saturated carbocycles. The Hall–Kier alpha value is -1.36. The van der Waals surface area contributed by atoms with Crippen molar-refractivity contribution >= 4 is 11.8 Å². The van der Waals surface area contributed by atoms with Crippen molar-refractivity contribution in [3.8, 4) is 0 Å². The Labute approximate surface area is 120 Å². The summed E-state index contributed by atoms with van der Waals surface area (Å²) in [7, 11) is 0. The molecule has 0 bridgehead atoms. The van der Waals surface area contributed by atoms with Crippen molar-refractivity contribution in [3.05, 3.63) is 12.7 Å². The molecule has 0 aromatic rings. The Morgan fingerprint density at radius 3 is 2.90 bits per heavy atom. The first-order valence-electron chi connectivity index (χ1n) is 7.51. The van der Waals surface area contributed by atoms with Crippen molar-refractivity contribution in [1.29, 1.82) is 0 Å². The molecule has 2 saturated heterocycles. The van der Waals surface area contributed by atoms with Crippen LogP contribution in [0.2, 0.25) is 0 Å². The third kappa shape index (κ3) is 3.60. The fourth-order valence-corrected chi connectivity index (χ4v) is 2.85. The van der Waals surface area contributed by atoms with Crippen molar-refractivity contribution in [3.63, 3.8) is 0 Å². The SMILES string of the molecule is C=CCCOCCN1CCC(=O)N2CCCCC2C1=O. The number of piperidine rings is 1. The quantitative estimate of drug-likeness (QED) is 0.542. The summed E-state index contributed by atoms with van der Waals surface area (Å²) in [4.78, 5) is 28.1. The minimum absolute atomic E-state index is 0.0999. The van der Waals surface area contributed by atoms with Gasteiger partial charge in [-0.3, -0.25) is 9.59 Å². The van der Waals surface area contributed by atoms with Crippen LogP contribution in [0.5, 0.6) is 0 Å². The van der Waals surface area contributed by atoms with Crippen LogP contribution < -0.4 is 0 Å². The predicted octanol–water partition coefficient (Wildman–Crippen LogP) is 1.19. The molecule has 2 aliphatic rings. The third-order valence-electron chi connectivity index (χ3n) is 3.99. The van der Waals surface area contributed by atoms with Gasteiger partial charge in [0, 0.05) is 26.1 Å². The van der Waals surface area contributed by atoms with Crippen LogP contribution in [0.15, 0.2) is 12.7 Å². The molecule has 1 unspecified atom stereocenters. The Balaban J connectivity index is 1.88. The predicted molar refractivity (Wildman–Crippen MR) is 76.2 cm³/mol. The lowest BCUT2D eigenvalue weighted by Gasteiger charge is -2.34. The average molecular weight is 280 g/mol. The van der Waals surface area contributed by atoms with E-state index in [0.29, 0.717) is 32.7 Å². The minimum atomic E-state index is -0.230. The second-order valence-corrected chi connectivity index (χ2v) is 5.36. The lowest BCUT2D eigenvalue weighted by Crippen LogP contribution is -2.50. The van der Waals surface area contributed by atoms with Gasteiger partial charge in [0.15, 0.2) is 0 Å². The van der Waals surface area contributed by atoms with Gasteiger partial charge < -0.3 is 14.5 Å². The highest BCUT2D eigenvalue weighted by Gasteiger charge is 2.37. The van der Waals surface area contributed by atoms with E-state index in [1.807, 2.05) is 6.08 Å². The van der Waals surface area contributed by atoms with Crippen LogP contribution in [0, 0.1) is 0 Å². The topological polar surface area (TPSA) is 49.9 Å².